The highest BCUT2D eigenvalue weighted by atomic mass is 15.5. The second kappa shape index (κ2) is 5.48. The summed E-state index contributed by atoms with van der Waals surface area (Å²) in [6.45, 7) is 7.76. The van der Waals surface area contributed by atoms with Gasteiger partial charge in [-0.15, -0.1) is 0 Å². The summed E-state index contributed by atoms with van der Waals surface area (Å²) in [5, 5.41) is 6.74. The van der Waals surface area contributed by atoms with Gasteiger partial charge in [0.15, 0.2) is 0 Å². The van der Waals surface area contributed by atoms with Crippen LogP contribution < -0.4 is 0 Å². The second-order valence-electron chi connectivity index (χ2n) is 4.35. The molecule has 2 rings (SSSR count). The first-order valence-electron chi connectivity index (χ1n) is 5.96. The molecule has 1 heterocycles. The Balaban J connectivity index is 2.03. The van der Waals surface area contributed by atoms with Crippen molar-refractivity contribution in [2.24, 2.45) is 11.0 Å². The minimum Gasteiger partial charge on any atom is -0.292 e. The summed E-state index contributed by atoms with van der Waals surface area (Å²) < 4.78 is 0. The molecule has 0 N–H and O–H groups in total. The maximum atomic E-state index is 4.62. The van der Waals surface area contributed by atoms with Crippen LogP contribution in [0.15, 0.2) is 60.2 Å². The minimum atomic E-state index is 0.495. The molecule has 17 heavy (non-hydrogen) atoms. The van der Waals surface area contributed by atoms with Gasteiger partial charge in [0.1, 0.15) is 0 Å². The fourth-order valence-electron chi connectivity index (χ4n) is 1.97. The van der Waals surface area contributed by atoms with Gasteiger partial charge in [-0.25, -0.2) is 0 Å². The van der Waals surface area contributed by atoms with Crippen molar-refractivity contribution in [3.05, 3.63) is 60.7 Å². The molecule has 0 aliphatic carbocycles. The summed E-state index contributed by atoms with van der Waals surface area (Å²) in [7, 11) is 0. The van der Waals surface area contributed by atoms with Crippen LogP contribution in [0.3, 0.4) is 0 Å². The van der Waals surface area contributed by atoms with E-state index in [-0.39, 0.29) is 0 Å². The molecule has 1 aliphatic heterocycles. The van der Waals surface area contributed by atoms with Gasteiger partial charge < -0.3 is 0 Å². The molecule has 1 aliphatic rings. The van der Waals surface area contributed by atoms with Gasteiger partial charge in [0.05, 0.1) is 12.3 Å². The number of benzene rings is 1. The van der Waals surface area contributed by atoms with E-state index < -0.39 is 0 Å². The Labute approximate surface area is 103 Å². The second-order valence-corrected chi connectivity index (χ2v) is 4.35. The topological polar surface area (TPSA) is 15.6 Å². The van der Waals surface area contributed by atoms with Crippen molar-refractivity contribution in [3.63, 3.8) is 0 Å². The number of nitrogens with zero attached hydrogens (tertiary/aromatic N) is 2. The molecule has 0 radical (unpaired) electrons. The van der Waals surface area contributed by atoms with Crippen molar-refractivity contribution in [3.8, 4) is 0 Å². The highest BCUT2D eigenvalue weighted by molar-refractivity contribution is 5.97. The fraction of sp³-hybridized carbons (Fsp3) is 0.267. The molecular formula is C15H18N2. The van der Waals surface area contributed by atoms with Crippen molar-refractivity contribution >= 4 is 5.71 Å². The van der Waals surface area contributed by atoms with Gasteiger partial charge >= 0.3 is 0 Å². The third-order valence-electron chi connectivity index (χ3n) is 2.86. The number of hydrogen-bond donors (Lipinski definition) is 0. The van der Waals surface area contributed by atoms with Gasteiger partial charge in [-0.3, -0.25) is 5.01 Å². The summed E-state index contributed by atoms with van der Waals surface area (Å²) in [5.74, 6) is 0.495. The number of allylic oxidation sites excluding steroid dienone is 3. The molecule has 88 valence electrons. The molecule has 2 heteroatoms. The van der Waals surface area contributed by atoms with E-state index in [4.69, 9.17) is 0 Å². The quantitative estimate of drug-likeness (QED) is 0.720. The van der Waals surface area contributed by atoms with Crippen LogP contribution in [0.2, 0.25) is 0 Å². The smallest absolute Gasteiger partial charge is 0.0652 e. The molecule has 0 spiro atoms. The maximum Gasteiger partial charge on any atom is 0.0652 e. The third kappa shape index (κ3) is 3.06. The van der Waals surface area contributed by atoms with Crippen molar-refractivity contribution in [1.82, 2.24) is 5.01 Å². The lowest BCUT2D eigenvalue weighted by molar-refractivity contribution is 0.292. The summed E-state index contributed by atoms with van der Waals surface area (Å²) in [4.78, 5) is 0. The van der Waals surface area contributed by atoms with Crippen molar-refractivity contribution < 1.29 is 0 Å². The van der Waals surface area contributed by atoms with Crippen LogP contribution in [-0.4, -0.2) is 17.3 Å². The summed E-state index contributed by atoms with van der Waals surface area (Å²) in [6, 6.07) is 10.4. The zero-order valence-electron chi connectivity index (χ0n) is 10.2. The first kappa shape index (κ1) is 11.6. The number of rotatable bonds is 4. The molecule has 0 fully saturated rings. The van der Waals surface area contributed by atoms with Crippen molar-refractivity contribution in [2.75, 3.05) is 6.54 Å². The average Bonchev–Trinajstić information content (AvgIpc) is 2.68. The van der Waals surface area contributed by atoms with E-state index in [9.17, 15) is 0 Å². The molecule has 0 saturated carbocycles. The van der Waals surface area contributed by atoms with Crippen molar-refractivity contribution in [2.45, 2.75) is 13.5 Å². The third-order valence-corrected chi connectivity index (χ3v) is 2.86. The van der Waals surface area contributed by atoms with Crippen LogP contribution in [-0.2, 0) is 6.54 Å². The Hall–Kier alpha value is -1.83. The molecule has 2 nitrogen and oxygen atoms in total. The Bertz CT molecular complexity index is 431. The van der Waals surface area contributed by atoms with Crippen LogP contribution in [0.4, 0.5) is 0 Å². The van der Waals surface area contributed by atoms with Crippen LogP contribution in [0.25, 0.3) is 0 Å². The fourth-order valence-corrected chi connectivity index (χ4v) is 1.97. The zero-order valence-corrected chi connectivity index (χ0v) is 10.2. The lowest BCUT2D eigenvalue weighted by atomic mass is 10.1. The number of hydrogen-bond acceptors (Lipinski definition) is 2. The maximum absolute atomic E-state index is 4.62. The van der Waals surface area contributed by atoms with E-state index in [0.29, 0.717) is 5.92 Å². The molecule has 0 saturated heterocycles. The Morgan fingerprint density at radius 3 is 2.88 bits per heavy atom. The zero-order chi connectivity index (χ0) is 12.1. The van der Waals surface area contributed by atoms with E-state index >= 15 is 0 Å². The van der Waals surface area contributed by atoms with Crippen LogP contribution in [0.5, 0.6) is 0 Å². The Kier molecular flexibility index (Phi) is 3.76. The molecule has 0 amide bonds. The van der Waals surface area contributed by atoms with E-state index in [1.54, 1.807) is 6.08 Å². The molecule has 1 aromatic rings. The SMILES string of the molecule is C=C/C=C\C1=NN(Cc2ccccc2)CC1C. The lowest BCUT2D eigenvalue weighted by Crippen LogP contribution is -2.17. The standard InChI is InChI=1S/C15H18N2/c1-3-4-10-15-13(2)11-17(16-15)12-14-8-6-5-7-9-14/h3-10,13H,1,11-12H2,2H3/b10-4-. The van der Waals surface area contributed by atoms with Gasteiger partial charge in [0.2, 0.25) is 0 Å². The summed E-state index contributed by atoms with van der Waals surface area (Å²) in [6.07, 6.45) is 5.78. The molecule has 1 unspecified atom stereocenters. The van der Waals surface area contributed by atoms with Gasteiger partial charge in [-0.1, -0.05) is 56.0 Å². The molecule has 0 bridgehead atoms. The normalized spacial score (nSPS) is 19.7. The average molecular weight is 226 g/mol. The first-order chi connectivity index (χ1) is 8.29. The highest BCUT2D eigenvalue weighted by Crippen LogP contribution is 2.17. The largest absolute Gasteiger partial charge is 0.292 e. The molecule has 0 aromatic heterocycles. The Morgan fingerprint density at radius 1 is 1.41 bits per heavy atom. The molecular weight excluding hydrogens is 208 g/mol. The summed E-state index contributed by atoms with van der Waals surface area (Å²) in [5.41, 5.74) is 2.44. The van der Waals surface area contributed by atoms with Gasteiger partial charge in [0.25, 0.3) is 0 Å². The molecule has 1 atom stereocenters. The van der Waals surface area contributed by atoms with Gasteiger partial charge in [-0.2, -0.15) is 5.10 Å². The first-order valence-corrected chi connectivity index (χ1v) is 5.96. The van der Waals surface area contributed by atoms with Crippen LogP contribution in [0, 0.1) is 5.92 Å². The molecule has 1 aromatic carbocycles. The van der Waals surface area contributed by atoms with E-state index in [2.05, 4.69) is 47.9 Å². The van der Waals surface area contributed by atoms with E-state index in [1.165, 1.54) is 5.56 Å². The van der Waals surface area contributed by atoms with E-state index in [1.807, 2.05) is 18.2 Å². The van der Waals surface area contributed by atoms with Gasteiger partial charge in [0, 0.05) is 12.5 Å². The van der Waals surface area contributed by atoms with Crippen LogP contribution in [0.1, 0.15) is 12.5 Å². The monoisotopic (exact) mass is 226 g/mol. The van der Waals surface area contributed by atoms with Crippen molar-refractivity contribution in [1.29, 1.82) is 0 Å². The van der Waals surface area contributed by atoms with Crippen LogP contribution >= 0.6 is 0 Å². The highest BCUT2D eigenvalue weighted by Gasteiger charge is 2.20. The van der Waals surface area contributed by atoms with E-state index in [0.717, 1.165) is 18.8 Å². The minimum absolute atomic E-state index is 0.495. The number of hydrazone groups is 1. The predicted molar refractivity (Wildman–Crippen MR) is 72.8 cm³/mol. The Morgan fingerprint density at radius 2 is 2.18 bits per heavy atom. The lowest BCUT2D eigenvalue weighted by Gasteiger charge is -2.14. The van der Waals surface area contributed by atoms with Gasteiger partial charge in [-0.05, 0) is 11.6 Å². The predicted octanol–water partition coefficient (Wildman–Crippen LogP) is 3.24. The summed E-state index contributed by atoms with van der Waals surface area (Å²) >= 11 is 0.